The molecule has 3 aromatic rings. The van der Waals surface area contributed by atoms with E-state index in [1.54, 1.807) is 7.11 Å². The van der Waals surface area contributed by atoms with Gasteiger partial charge in [-0.25, -0.2) is 9.78 Å². The summed E-state index contributed by atoms with van der Waals surface area (Å²) >= 11 is 1.46. The first-order chi connectivity index (χ1) is 13.2. The summed E-state index contributed by atoms with van der Waals surface area (Å²) in [6.45, 7) is 7.00. The summed E-state index contributed by atoms with van der Waals surface area (Å²) in [6.07, 6.45) is 1.30. The number of carbonyl (C=O) groups is 1. The molecule has 7 heteroatoms. The summed E-state index contributed by atoms with van der Waals surface area (Å²) in [5.41, 5.74) is -0.0769. The van der Waals surface area contributed by atoms with E-state index in [9.17, 15) is 14.7 Å². The minimum Gasteiger partial charge on any atom is -0.497 e. The van der Waals surface area contributed by atoms with Gasteiger partial charge in [-0.3, -0.25) is 9.36 Å². The molecule has 0 aliphatic heterocycles. The van der Waals surface area contributed by atoms with Crippen molar-refractivity contribution in [2.45, 2.75) is 46.1 Å². The Labute approximate surface area is 167 Å². The van der Waals surface area contributed by atoms with E-state index in [2.05, 4.69) is 0 Å². The normalized spacial score (nSPS) is 11.8. The van der Waals surface area contributed by atoms with Gasteiger partial charge in [0.25, 0.3) is 5.56 Å². The van der Waals surface area contributed by atoms with Gasteiger partial charge in [0.15, 0.2) is 0 Å². The average Bonchev–Trinajstić information content (AvgIpc) is 2.98. The number of fused-ring (bicyclic) bond motifs is 1. The van der Waals surface area contributed by atoms with Gasteiger partial charge in [0, 0.05) is 16.9 Å². The van der Waals surface area contributed by atoms with E-state index >= 15 is 0 Å². The van der Waals surface area contributed by atoms with Crippen LogP contribution < -0.4 is 10.3 Å². The van der Waals surface area contributed by atoms with Crippen molar-refractivity contribution in [3.05, 3.63) is 45.3 Å². The standard InChI is InChI=1S/C21H24N2O4S/c1-6-8-15-22-18-17(19(24)23(15)21(3,4)20(25)26)16(12(2)28-18)13-9-7-10-14(11-13)27-5/h7,9-11H,6,8H2,1-5H3,(H,25,26). The summed E-state index contributed by atoms with van der Waals surface area (Å²) in [5.74, 6) is 0.131. The van der Waals surface area contributed by atoms with E-state index in [0.29, 0.717) is 28.2 Å². The fourth-order valence-corrected chi connectivity index (χ4v) is 4.45. The van der Waals surface area contributed by atoms with Gasteiger partial charge in [0.1, 0.15) is 21.9 Å². The Balaban J connectivity index is 2.42. The lowest BCUT2D eigenvalue weighted by molar-refractivity contribution is -0.146. The SMILES string of the molecule is CCCc1nc2sc(C)c(-c3cccc(OC)c3)c2c(=O)n1C(C)(C)C(=O)O. The van der Waals surface area contributed by atoms with Crippen molar-refractivity contribution < 1.29 is 14.6 Å². The van der Waals surface area contributed by atoms with Crippen LogP contribution in [-0.2, 0) is 16.8 Å². The zero-order chi connectivity index (χ0) is 20.6. The number of ether oxygens (including phenoxy) is 1. The molecule has 0 unspecified atom stereocenters. The minimum absolute atomic E-state index is 0.317. The molecule has 0 radical (unpaired) electrons. The van der Waals surface area contributed by atoms with Crippen LogP contribution in [0.25, 0.3) is 21.3 Å². The van der Waals surface area contributed by atoms with E-state index in [0.717, 1.165) is 22.4 Å². The molecule has 0 spiro atoms. The van der Waals surface area contributed by atoms with Crippen molar-refractivity contribution in [1.29, 1.82) is 0 Å². The number of carboxylic acid groups (broad SMARTS) is 1. The predicted molar refractivity (Wildman–Crippen MR) is 112 cm³/mol. The monoisotopic (exact) mass is 400 g/mol. The van der Waals surface area contributed by atoms with Gasteiger partial charge in [0.2, 0.25) is 0 Å². The quantitative estimate of drug-likeness (QED) is 0.670. The van der Waals surface area contributed by atoms with Crippen LogP contribution in [0.5, 0.6) is 5.75 Å². The summed E-state index contributed by atoms with van der Waals surface area (Å²) in [5, 5.41) is 10.2. The van der Waals surface area contributed by atoms with Crippen LogP contribution in [-0.4, -0.2) is 27.7 Å². The van der Waals surface area contributed by atoms with Gasteiger partial charge in [-0.1, -0.05) is 19.1 Å². The number of aryl methyl sites for hydroxylation is 2. The second-order valence-electron chi connectivity index (χ2n) is 7.23. The Morgan fingerprint density at radius 3 is 2.68 bits per heavy atom. The van der Waals surface area contributed by atoms with Crippen molar-refractivity contribution in [3.8, 4) is 16.9 Å². The van der Waals surface area contributed by atoms with E-state index in [1.165, 1.54) is 29.8 Å². The number of aliphatic carboxylic acids is 1. The lowest BCUT2D eigenvalue weighted by atomic mass is 10.0. The number of benzene rings is 1. The minimum atomic E-state index is -1.40. The highest BCUT2D eigenvalue weighted by atomic mass is 32.1. The first-order valence-corrected chi connectivity index (χ1v) is 9.97. The number of rotatable bonds is 6. The lowest BCUT2D eigenvalue weighted by Crippen LogP contribution is -2.44. The molecule has 0 aliphatic rings. The Bertz CT molecular complexity index is 1110. The lowest BCUT2D eigenvalue weighted by Gasteiger charge is -2.25. The largest absolute Gasteiger partial charge is 0.497 e. The van der Waals surface area contributed by atoms with Crippen LogP contribution in [0.1, 0.15) is 37.9 Å². The summed E-state index contributed by atoms with van der Waals surface area (Å²) in [4.78, 5) is 31.8. The van der Waals surface area contributed by atoms with Crippen molar-refractivity contribution in [2.24, 2.45) is 0 Å². The second kappa shape index (κ2) is 7.39. The van der Waals surface area contributed by atoms with E-state index in [4.69, 9.17) is 9.72 Å². The highest BCUT2D eigenvalue weighted by molar-refractivity contribution is 7.19. The van der Waals surface area contributed by atoms with Gasteiger partial charge in [0.05, 0.1) is 12.5 Å². The van der Waals surface area contributed by atoms with Crippen LogP contribution in [0.15, 0.2) is 29.1 Å². The molecule has 0 fully saturated rings. The molecule has 28 heavy (non-hydrogen) atoms. The Morgan fingerprint density at radius 1 is 1.36 bits per heavy atom. The number of aromatic nitrogens is 2. The number of nitrogens with zero attached hydrogens (tertiary/aromatic N) is 2. The van der Waals surface area contributed by atoms with E-state index in [-0.39, 0.29) is 5.56 Å². The molecule has 0 saturated carbocycles. The zero-order valence-corrected chi connectivity index (χ0v) is 17.5. The van der Waals surface area contributed by atoms with Gasteiger partial charge in [-0.15, -0.1) is 11.3 Å². The van der Waals surface area contributed by atoms with E-state index < -0.39 is 11.5 Å². The molecular weight excluding hydrogens is 376 g/mol. The molecule has 1 N–H and O–H groups in total. The van der Waals surface area contributed by atoms with Crippen LogP contribution in [0, 0.1) is 6.92 Å². The Kier molecular flexibility index (Phi) is 5.30. The van der Waals surface area contributed by atoms with Crippen molar-refractivity contribution in [2.75, 3.05) is 7.11 Å². The van der Waals surface area contributed by atoms with Gasteiger partial charge >= 0.3 is 5.97 Å². The van der Waals surface area contributed by atoms with Crippen LogP contribution in [0.4, 0.5) is 0 Å². The molecule has 3 rings (SSSR count). The molecule has 148 valence electrons. The van der Waals surface area contributed by atoms with Gasteiger partial charge < -0.3 is 9.84 Å². The van der Waals surface area contributed by atoms with Crippen molar-refractivity contribution in [1.82, 2.24) is 9.55 Å². The fourth-order valence-electron chi connectivity index (χ4n) is 3.39. The van der Waals surface area contributed by atoms with Gasteiger partial charge in [-0.2, -0.15) is 0 Å². The number of hydrogen-bond acceptors (Lipinski definition) is 5. The smallest absolute Gasteiger partial charge is 0.329 e. The summed E-state index contributed by atoms with van der Waals surface area (Å²) in [7, 11) is 1.60. The third-order valence-electron chi connectivity index (χ3n) is 4.89. The second-order valence-corrected chi connectivity index (χ2v) is 8.43. The molecule has 0 bridgehead atoms. The Hall–Kier alpha value is -2.67. The predicted octanol–water partition coefficient (Wildman–Crippen LogP) is 4.21. The molecule has 0 saturated heterocycles. The number of thiophene rings is 1. The van der Waals surface area contributed by atoms with E-state index in [1.807, 2.05) is 38.1 Å². The number of methoxy groups -OCH3 is 1. The molecule has 6 nitrogen and oxygen atoms in total. The van der Waals surface area contributed by atoms with Crippen LogP contribution in [0.3, 0.4) is 0 Å². The third kappa shape index (κ3) is 3.20. The summed E-state index contributed by atoms with van der Waals surface area (Å²) < 4.78 is 6.67. The maximum atomic E-state index is 13.6. The maximum absolute atomic E-state index is 13.6. The van der Waals surface area contributed by atoms with Crippen molar-refractivity contribution >= 4 is 27.5 Å². The highest BCUT2D eigenvalue weighted by Crippen LogP contribution is 2.37. The zero-order valence-electron chi connectivity index (χ0n) is 16.7. The topological polar surface area (TPSA) is 81.4 Å². The van der Waals surface area contributed by atoms with Crippen molar-refractivity contribution in [3.63, 3.8) is 0 Å². The molecule has 0 amide bonds. The highest BCUT2D eigenvalue weighted by Gasteiger charge is 2.34. The molecular formula is C21H24N2O4S. The maximum Gasteiger partial charge on any atom is 0.329 e. The first-order valence-electron chi connectivity index (χ1n) is 9.15. The summed E-state index contributed by atoms with van der Waals surface area (Å²) in [6, 6.07) is 7.51. The first kappa shape index (κ1) is 20.1. The number of carboxylic acids is 1. The molecule has 2 heterocycles. The van der Waals surface area contributed by atoms with Crippen LogP contribution in [0.2, 0.25) is 0 Å². The van der Waals surface area contributed by atoms with Crippen LogP contribution >= 0.6 is 11.3 Å². The fraction of sp³-hybridized carbons (Fsp3) is 0.381. The molecule has 0 aliphatic carbocycles. The molecule has 2 aromatic heterocycles. The average molecular weight is 401 g/mol. The molecule has 1 aromatic carbocycles. The third-order valence-corrected chi connectivity index (χ3v) is 5.88. The Morgan fingerprint density at radius 2 is 2.07 bits per heavy atom. The number of hydrogen-bond donors (Lipinski definition) is 1. The molecule has 0 atom stereocenters. The van der Waals surface area contributed by atoms with Gasteiger partial charge in [-0.05, 0) is 44.9 Å².